The van der Waals surface area contributed by atoms with Crippen LogP contribution in [0.15, 0.2) is 0 Å². The standard InChI is InChI=1S/C13H26O2/c1-6-10-11(9(2)15-5)7-13(3,4)8-12(10)14/h9-12,14H,6-8H2,1-5H3. The van der Waals surface area contributed by atoms with Crippen molar-refractivity contribution in [3.63, 3.8) is 0 Å². The molecule has 1 saturated carbocycles. The summed E-state index contributed by atoms with van der Waals surface area (Å²) in [7, 11) is 1.77. The van der Waals surface area contributed by atoms with Crippen LogP contribution in [0, 0.1) is 17.3 Å². The summed E-state index contributed by atoms with van der Waals surface area (Å²) in [5, 5.41) is 10.2. The fourth-order valence-corrected chi connectivity index (χ4v) is 3.14. The van der Waals surface area contributed by atoms with Gasteiger partial charge in [-0.1, -0.05) is 27.2 Å². The average molecular weight is 214 g/mol. The van der Waals surface area contributed by atoms with Crippen LogP contribution in [0.2, 0.25) is 0 Å². The minimum Gasteiger partial charge on any atom is -0.393 e. The van der Waals surface area contributed by atoms with Gasteiger partial charge < -0.3 is 9.84 Å². The molecule has 2 nitrogen and oxygen atoms in total. The summed E-state index contributed by atoms with van der Waals surface area (Å²) >= 11 is 0. The van der Waals surface area contributed by atoms with Crippen LogP contribution in [-0.2, 0) is 4.74 Å². The third-order valence-corrected chi connectivity index (χ3v) is 4.04. The Bertz CT molecular complexity index is 201. The molecule has 1 fully saturated rings. The van der Waals surface area contributed by atoms with E-state index in [4.69, 9.17) is 4.74 Å². The molecule has 0 aromatic heterocycles. The Morgan fingerprint density at radius 3 is 2.47 bits per heavy atom. The molecule has 0 aromatic rings. The quantitative estimate of drug-likeness (QED) is 0.783. The van der Waals surface area contributed by atoms with Gasteiger partial charge in [-0.2, -0.15) is 0 Å². The lowest BCUT2D eigenvalue weighted by molar-refractivity contribution is -0.0741. The van der Waals surface area contributed by atoms with Crippen LogP contribution >= 0.6 is 0 Å². The Hall–Kier alpha value is -0.0800. The van der Waals surface area contributed by atoms with Gasteiger partial charge in [0.2, 0.25) is 0 Å². The second kappa shape index (κ2) is 4.84. The first-order valence-electron chi connectivity index (χ1n) is 6.12. The molecule has 15 heavy (non-hydrogen) atoms. The molecule has 1 N–H and O–H groups in total. The van der Waals surface area contributed by atoms with E-state index in [0.717, 1.165) is 19.3 Å². The van der Waals surface area contributed by atoms with Crippen LogP contribution in [0.25, 0.3) is 0 Å². The fourth-order valence-electron chi connectivity index (χ4n) is 3.14. The van der Waals surface area contributed by atoms with Crippen LogP contribution in [0.3, 0.4) is 0 Å². The third-order valence-electron chi connectivity index (χ3n) is 4.04. The van der Waals surface area contributed by atoms with Crippen LogP contribution < -0.4 is 0 Å². The highest BCUT2D eigenvalue weighted by molar-refractivity contribution is 4.92. The van der Waals surface area contributed by atoms with Gasteiger partial charge in [0, 0.05) is 7.11 Å². The molecule has 1 rings (SSSR count). The molecular weight excluding hydrogens is 188 g/mol. The molecule has 1 aliphatic carbocycles. The minimum absolute atomic E-state index is 0.152. The first-order chi connectivity index (χ1) is 6.91. The van der Waals surface area contributed by atoms with Gasteiger partial charge in [0.1, 0.15) is 0 Å². The number of rotatable bonds is 3. The summed E-state index contributed by atoms with van der Waals surface area (Å²) in [6.07, 6.45) is 3.25. The summed E-state index contributed by atoms with van der Waals surface area (Å²) in [5.74, 6) is 0.909. The molecule has 0 saturated heterocycles. The van der Waals surface area contributed by atoms with E-state index in [-0.39, 0.29) is 17.6 Å². The Labute approximate surface area is 94.0 Å². The largest absolute Gasteiger partial charge is 0.393 e. The molecular formula is C13H26O2. The number of hydrogen-bond donors (Lipinski definition) is 1. The van der Waals surface area contributed by atoms with Gasteiger partial charge in [-0.25, -0.2) is 0 Å². The lowest BCUT2D eigenvalue weighted by Gasteiger charge is -2.45. The highest BCUT2D eigenvalue weighted by atomic mass is 16.5. The van der Waals surface area contributed by atoms with Crippen molar-refractivity contribution in [2.75, 3.05) is 7.11 Å². The zero-order valence-corrected chi connectivity index (χ0v) is 10.8. The Morgan fingerprint density at radius 1 is 1.40 bits per heavy atom. The van der Waals surface area contributed by atoms with Crippen LogP contribution in [-0.4, -0.2) is 24.4 Å². The maximum Gasteiger partial charge on any atom is 0.0577 e. The molecule has 4 unspecified atom stereocenters. The number of aliphatic hydroxyl groups excluding tert-OH is 1. The molecule has 4 atom stereocenters. The van der Waals surface area contributed by atoms with Crippen LogP contribution in [0.5, 0.6) is 0 Å². The van der Waals surface area contributed by atoms with Gasteiger partial charge in [0.15, 0.2) is 0 Å². The molecule has 0 aromatic carbocycles. The van der Waals surface area contributed by atoms with Crippen molar-refractivity contribution >= 4 is 0 Å². The molecule has 0 bridgehead atoms. The Balaban J connectivity index is 2.79. The number of methoxy groups -OCH3 is 1. The van der Waals surface area contributed by atoms with Crippen molar-refractivity contribution in [2.45, 2.75) is 59.2 Å². The molecule has 0 spiro atoms. The van der Waals surface area contributed by atoms with E-state index in [9.17, 15) is 5.11 Å². The predicted molar refractivity (Wildman–Crippen MR) is 62.8 cm³/mol. The summed E-state index contributed by atoms with van der Waals surface area (Å²) in [6.45, 7) is 8.79. The lowest BCUT2D eigenvalue weighted by atomic mass is 9.63. The Kier molecular flexibility index (Phi) is 4.19. The van der Waals surface area contributed by atoms with E-state index < -0.39 is 0 Å². The predicted octanol–water partition coefficient (Wildman–Crippen LogP) is 2.84. The van der Waals surface area contributed by atoms with Crippen molar-refractivity contribution in [1.29, 1.82) is 0 Å². The molecule has 90 valence electrons. The number of aliphatic hydroxyl groups is 1. The van der Waals surface area contributed by atoms with Crippen molar-refractivity contribution in [3.05, 3.63) is 0 Å². The first-order valence-corrected chi connectivity index (χ1v) is 6.12. The van der Waals surface area contributed by atoms with Gasteiger partial charge >= 0.3 is 0 Å². The summed E-state index contributed by atoms with van der Waals surface area (Å²) in [4.78, 5) is 0. The monoisotopic (exact) mass is 214 g/mol. The van der Waals surface area contributed by atoms with E-state index in [1.54, 1.807) is 7.11 Å². The van der Waals surface area contributed by atoms with Crippen molar-refractivity contribution < 1.29 is 9.84 Å². The molecule has 0 heterocycles. The average Bonchev–Trinajstić information content (AvgIpc) is 2.14. The van der Waals surface area contributed by atoms with Crippen LogP contribution in [0.4, 0.5) is 0 Å². The second-order valence-electron chi connectivity index (χ2n) is 5.82. The van der Waals surface area contributed by atoms with Crippen molar-refractivity contribution in [1.82, 2.24) is 0 Å². The number of ether oxygens (including phenoxy) is 1. The van der Waals surface area contributed by atoms with Crippen molar-refractivity contribution in [3.8, 4) is 0 Å². The highest BCUT2D eigenvalue weighted by Gasteiger charge is 2.41. The van der Waals surface area contributed by atoms with Crippen molar-refractivity contribution in [2.24, 2.45) is 17.3 Å². The number of hydrogen-bond acceptors (Lipinski definition) is 2. The summed E-state index contributed by atoms with van der Waals surface area (Å²) in [5.41, 5.74) is 0.253. The molecule has 0 aliphatic heterocycles. The van der Waals surface area contributed by atoms with E-state index in [1.165, 1.54) is 0 Å². The van der Waals surface area contributed by atoms with Gasteiger partial charge in [0.05, 0.1) is 12.2 Å². The van der Waals surface area contributed by atoms with Gasteiger partial charge in [0.25, 0.3) is 0 Å². The molecule has 0 amide bonds. The van der Waals surface area contributed by atoms with Gasteiger partial charge in [-0.3, -0.25) is 0 Å². The van der Waals surface area contributed by atoms with Gasteiger partial charge in [-0.15, -0.1) is 0 Å². The SMILES string of the molecule is CCC1C(O)CC(C)(C)CC1C(C)OC. The molecule has 0 radical (unpaired) electrons. The molecule has 2 heteroatoms. The normalized spacial score (nSPS) is 37.6. The second-order valence-corrected chi connectivity index (χ2v) is 5.82. The maximum absolute atomic E-state index is 10.2. The first kappa shape index (κ1) is 13.0. The van der Waals surface area contributed by atoms with E-state index >= 15 is 0 Å². The fraction of sp³-hybridized carbons (Fsp3) is 1.00. The summed E-state index contributed by atoms with van der Waals surface area (Å²) < 4.78 is 5.45. The topological polar surface area (TPSA) is 29.5 Å². The van der Waals surface area contributed by atoms with E-state index in [2.05, 4.69) is 27.7 Å². The smallest absolute Gasteiger partial charge is 0.0577 e. The highest BCUT2D eigenvalue weighted by Crippen LogP contribution is 2.44. The zero-order valence-electron chi connectivity index (χ0n) is 10.8. The van der Waals surface area contributed by atoms with E-state index in [1.807, 2.05) is 0 Å². The zero-order chi connectivity index (χ0) is 11.6. The van der Waals surface area contributed by atoms with Gasteiger partial charge in [-0.05, 0) is 37.0 Å². The molecule has 1 aliphatic rings. The lowest BCUT2D eigenvalue weighted by Crippen LogP contribution is -2.44. The minimum atomic E-state index is -0.152. The van der Waals surface area contributed by atoms with Crippen LogP contribution in [0.1, 0.15) is 47.0 Å². The summed E-state index contributed by atoms with van der Waals surface area (Å²) in [6, 6.07) is 0. The Morgan fingerprint density at radius 2 is 2.00 bits per heavy atom. The maximum atomic E-state index is 10.2. The third kappa shape index (κ3) is 2.94. The van der Waals surface area contributed by atoms with E-state index in [0.29, 0.717) is 11.8 Å².